The number of nitrogens with zero attached hydrogens (tertiary/aromatic N) is 1. The van der Waals surface area contributed by atoms with Gasteiger partial charge in [0.1, 0.15) is 0 Å². The number of unbranched alkanes of at least 4 members (excludes halogenated alkanes) is 3. The van der Waals surface area contributed by atoms with Crippen LogP contribution in [0.5, 0.6) is 0 Å². The molecule has 0 unspecified atom stereocenters. The average Bonchev–Trinajstić information content (AvgIpc) is 2.34. The molecule has 0 amide bonds. The van der Waals surface area contributed by atoms with Crippen molar-refractivity contribution in [2.24, 2.45) is 0 Å². The maximum absolute atomic E-state index is 2.34. The quantitative estimate of drug-likeness (QED) is 0.610. The second-order valence-electron chi connectivity index (χ2n) is 5.24. The Labute approximate surface area is 107 Å². The van der Waals surface area contributed by atoms with E-state index in [1.54, 1.807) is 0 Å². The van der Waals surface area contributed by atoms with Crippen LogP contribution in [0.3, 0.4) is 0 Å². The van der Waals surface area contributed by atoms with Crippen LogP contribution in [0.15, 0.2) is 24.3 Å². The van der Waals surface area contributed by atoms with Gasteiger partial charge in [-0.2, -0.15) is 0 Å². The van der Waals surface area contributed by atoms with Gasteiger partial charge in [0.15, 0.2) is 0 Å². The molecule has 0 spiro atoms. The predicted octanol–water partition coefficient (Wildman–Crippen LogP) is 4.83. The van der Waals surface area contributed by atoms with E-state index in [1.807, 2.05) is 0 Å². The van der Waals surface area contributed by atoms with Crippen LogP contribution < -0.4 is 4.90 Å². The number of anilines is 1. The van der Waals surface area contributed by atoms with Crippen LogP contribution in [0.2, 0.25) is 0 Å². The van der Waals surface area contributed by atoms with Crippen molar-refractivity contribution in [3.05, 3.63) is 29.8 Å². The molecule has 1 nitrogen and oxygen atoms in total. The van der Waals surface area contributed by atoms with Crippen LogP contribution in [-0.2, 0) is 0 Å². The highest BCUT2D eigenvalue weighted by molar-refractivity contribution is 5.46. The molecule has 1 heteroatoms. The van der Waals surface area contributed by atoms with E-state index in [-0.39, 0.29) is 0 Å². The average molecular weight is 233 g/mol. The lowest BCUT2D eigenvalue weighted by atomic mass is 9.94. The zero-order valence-corrected chi connectivity index (χ0v) is 11.9. The summed E-state index contributed by atoms with van der Waals surface area (Å²) in [6.45, 7) is 4.61. The first-order valence-corrected chi connectivity index (χ1v) is 6.92. The minimum absolute atomic E-state index is 0.697. The summed E-state index contributed by atoms with van der Waals surface area (Å²) in [7, 11) is 4.17. The second kappa shape index (κ2) is 7.37. The van der Waals surface area contributed by atoms with E-state index in [0.717, 1.165) is 0 Å². The maximum Gasteiger partial charge on any atom is 0.0361 e. The first kappa shape index (κ1) is 14.1. The highest BCUT2D eigenvalue weighted by atomic mass is 15.1. The maximum atomic E-state index is 2.34. The van der Waals surface area contributed by atoms with Gasteiger partial charge >= 0.3 is 0 Å². The predicted molar refractivity (Wildman–Crippen MR) is 77.9 cm³/mol. The van der Waals surface area contributed by atoms with E-state index >= 15 is 0 Å². The molecule has 1 rings (SSSR count). The summed E-state index contributed by atoms with van der Waals surface area (Å²) < 4.78 is 0. The zero-order valence-electron chi connectivity index (χ0n) is 11.9. The Morgan fingerprint density at radius 1 is 1.00 bits per heavy atom. The molecule has 0 aromatic heterocycles. The lowest BCUT2D eigenvalue weighted by Crippen LogP contribution is -2.08. The molecule has 1 aromatic rings. The fraction of sp³-hybridized carbons (Fsp3) is 0.625. The summed E-state index contributed by atoms with van der Waals surface area (Å²) in [6.07, 6.45) is 6.78. The molecule has 1 aromatic carbocycles. The van der Waals surface area contributed by atoms with Crippen molar-refractivity contribution < 1.29 is 0 Å². The fourth-order valence-corrected chi connectivity index (χ4v) is 2.14. The van der Waals surface area contributed by atoms with Crippen molar-refractivity contribution in [2.45, 2.75) is 51.9 Å². The first-order valence-electron chi connectivity index (χ1n) is 6.92. The van der Waals surface area contributed by atoms with Crippen LogP contribution >= 0.6 is 0 Å². The van der Waals surface area contributed by atoms with Gasteiger partial charge < -0.3 is 4.90 Å². The minimum atomic E-state index is 0.697. The summed E-state index contributed by atoms with van der Waals surface area (Å²) in [6, 6.07) is 9.00. The topological polar surface area (TPSA) is 3.24 Å². The molecule has 17 heavy (non-hydrogen) atoms. The highest BCUT2D eigenvalue weighted by Crippen LogP contribution is 2.24. The molecule has 96 valence electrons. The Morgan fingerprint density at radius 2 is 1.65 bits per heavy atom. The SMILES string of the molecule is CCCCCC[C@H](C)c1ccc(N(C)C)cc1. The highest BCUT2D eigenvalue weighted by Gasteiger charge is 2.05. The number of hydrogen-bond acceptors (Lipinski definition) is 1. The Bertz CT molecular complexity index is 300. The summed E-state index contributed by atoms with van der Waals surface area (Å²) in [5, 5.41) is 0. The van der Waals surface area contributed by atoms with Crippen molar-refractivity contribution in [2.75, 3.05) is 19.0 Å². The zero-order chi connectivity index (χ0) is 12.7. The summed E-state index contributed by atoms with van der Waals surface area (Å²) >= 11 is 0. The Hall–Kier alpha value is -0.980. The first-order chi connectivity index (χ1) is 8.15. The Balaban J connectivity index is 2.43. The second-order valence-corrected chi connectivity index (χ2v) is 5.24. The molecular weight excluding hydrogens is 206 g/mol. The normalized spacial score (nSPS) is 12.5. The van der Waals surface area contributed by atoms with Crippen molar-refractivity contribution in [3.8, 4) is 0 Å². The van der Waals surface area contributed by atoms with Crippen molar-refractivity contribution in [1.82, 2.24) is 0 Å². The van der Waals surface area contributed by atoms with Crippen LogP contribution in [0, 0.1) is 0 Å². The molecule has 0 heterocycles. The molecule has 0 bridgehead atoms. The van der Waals surface area contributed by atoms with Gasteiger partial charge in [-0.15, -0.1) is 0 Å². The van der Waals surface area contributed by atoms with E-state index in [9.17, 15) is 0 Å². The third-order valence-electron chi connectivity index (χ3n) is 3.47. The lowest BCUT2D eigenvalue weighted by molar-refractivity contribution is 0.580. The van der Waals surface area contributed by atoms with Gasteiger partial charge in [0.2, 0.25) is 0 Å². The van der Waals surface area contributed by atoms with Crippen molar-refractivity contribution >= 4 is 5.69 Å². The molecule has 1 atom stereocenters. The minimum Gasteiger partial charge on any atom is -0.378 e. The number of benzene rings is 1. The third kappa shape index (κ3) is 4.80. The number of rotatable bonds is 7. The van der Waals surface area contributed by atoms with Crippen LogP contribution in [0.4, 0.5) is 5.69 Å². The van der Waals surface area contributed by atoms with Gasteiger partial charge in [0, 0.05) is 19.8 Å². The van der Waals surface area contributed by atoms with E-state index in [2.05, 4.69) is 57.1 Å². The monoisotopic (exact) mass is 233 g/mol. The molecule has 0 aliphatic carbocycles. The van der Waals surface area contributed by atoms with Crippen LogP contribution in [-0.4, -0.2) is 14.1 Å². The van der Waals surface area contributed by atoms with Crippen LogP contribution in [0.1, 0.15) is 57.4 Å². The smallest absolute Gasteiger partial charge is 0.0361 e. The third-order valence-corrected chi connectivity index (χ3v) is 3.47. The van der Waals surface area contributed by atoms with Gasteiger partial charge in [-0.25, -0.2) is 0 Å². The standard InChI is InChI=1S/C16H27N/c1-5-6-7-8-9-14(2)15-10-12-16(13-11-15)17(3)4/h10-14H,5-9H2,1-4H3/t14-/m0/s1. The van der Waals surface area contributed by atoms with Gasteiger partial charge in [-0.3, -0.25) is 0 Å². The summed E-state index contributed by atoms with van der Waals surface area (Å²) in [4.78, 5) is 2.15. The molecule has 0 saturated heterocycles. The van der Waals surface area contributed by atoms with Crippen molar-refractivity contribution in [1.29, 1.82) is 0 Å². The lowest BCUT2D eigenvalue weighted by Gasteiger charge is -2.15. The molecule has 0 N–H and O–H groups in total. The van der Waals surface area contributed by atoms with Gasteiger partial charge in [0.25, 0.3) is 0 Å². The Kier molecular flexibility index (Phi) is 6.10. The van der Waals surface area contributed by atoms with Crippen LogP contribution in [0.25, 0.3) is 0 Å². The van der Waals surface area contributed by atoms with E-state index in [4.69, 9.17) is 0 Å². The molecule has 0 aliphatic rings. The van der Waals surface area contributed by atoms with E-state index in [1.165, 1.54) is 43.4 Å². The van der Waals surface area contributed by atoms with Gasteiger partial charge in [-0.05, 0) is 30.0 Å². The summed E-state index contributed by atoms with van der Waals surface area (Å²) in [5.41, 5.74) is 2.76. The van der Waals surface area contributed by atoms with Crippen molar-refractivity contribution in [3.63, 3.8) is 0 Å². The molecule has 0 aliphatic heterocycles. The van der Waals surface area contributed by atoms with E-state index < -0.39 is 0 Å². The largest absolute Gasteiger partial charge is 0.378 e. The molecule has 0 radical (unpaired) electrons. The summed E-state index contributed by atoms with van der Waals surface area (Å²) in [5.74, 6) is 0.697. The van der Waals surface area contributed by atoms with Gasteiger partial charge in [-0.1, -0.05) is 51.7 Å². The van der Waals surface area contributed by atoms with E-state index in [0.29, 0.717) is 5.92 Å². The number of hydrogen-bond donors (Lipinski definition) is 0. The molecule has 0 saturated carbocycles. The fourth-order valence-electron chi connectivity index (χ4n) is 2.14. The molecule has 0 fully saturated rings. The van der Waals surface area contributed by atoms with Gasteiger partial charge in [0.05, 0.1) is 0 Å². The molecular formula is C16H27N. The Morgan fingerprint density at radius 3 is 2.18 bits per heavy atom.